The summed E-state index contributed by atoms with van der Waals surface area (Å²) in [6.07, 6.45) is 12.8. The Labute approximate surface area is 180 Å². The molecular weight excluding hydrogens is 396 g/mol. The monoisotopic (exact) mass is 422 g/mol. The largest absolute Gasteiger partial charge is 0.462 e. The fourth-order valence-electron chi connectivity index (χ4n) is 3.09. The van der Waals surface area contributed by atoms with Crippen molar-refractivity contribution in [1.29, 1.82) is 0 Å². The fourth-order valence-corrected chi connectivity index (χ4v) is 4.03. The Morgan fingerprint density at radius 2 is 2.20 bits per heavy atom. The van der Waals surface area contributed by atoms with Crippen LogP contribution >= 0.6 is 11.3 Å². The quantitative estimate of drug-likeness (QED) is 0.301. The van der Waals surface area contributed by atoms with Crippen molar-refractivity contribution in [2.45, 2.75) is 33.7 Å². The third-order valence-electron chi connectivity index (χ3n) is 4.30. The number of hydrogen-bond donors (Lipinski definition) is 1. The van der Waals surface area contributed by atoms with Crippen LogP contribution in [-0.4, -0.2) is 33.0 Å². The lowest BCUT2D eigenvalue weighted by molar-refractivity contribution is -0.138. The molecule has 3 aromatic rings. The summed E-state index contributed by atoms with van der Waals surface area (Å²) in [5, 5.41) is 4.20. The van der Waals surface area contributed by atoms with Crippen LogP contribution in [0.2, 0.25) is 0 Å². The number of imidazole rings is 1. The van der Waals surface area contributed by atoms with Crippen molar-refractivity contribution in [2.24, 2.45) is 0 Å². The minimum absolute atomic E-state index is 0.296. The molecule has 7 heteroatoms. The summed E-state index contributed by atoms with van der Waals surface area (Å²) >= 11 is 1.59. The van der Waals surface area contributed by atoms with Gasteiger partial charge in [0.05, 0.1) is 17.1 Å². The molecule has 0 saturated carbocycles. The van der Waals surface area contributed by atoms with E-state index in [2.05, 4.69) is 35.7 Å². The molecule has 0 saturated heterocycles. The van der Waals surface area contributed by atoms with Crippen LogP contribution in [0.4, 0.5) is 5.13 Å². The number of pyridine rings is 1. The molecule has 0 amide bonds. The van der Waals surface area contributed by atoms with Gasteiger partial charge in [0.1, 0.15) is 5.65 Å². The number of aromatic nitrogens is 3. The van der Waals surface area contributed by atoms with Gasteiger partial charge in [-0.1, -0.05) is 36.1 Å². The molecule has 0 fully saturated rings. The summed E-state index contributed by atoms with van der Waals surface area (Å²) in [7, 11) is 0. The molecule has 0 aliphatic heterocycles. The summed E-state index contributed by atoms with van der Waals surface area (Å²) in [6, 6.07) is 2.34. The standard InChI is InChI=1S/C23H26N4O2S/c1-6-9-18(17(7-2)22(28)29-8-3)19-12-16(14-27-11-10-24-21(19)27)20-13-25-23(30-20)26-15(4)5/h6-7,9-15H,2,8H2,1,3-5H3,(H,25,26)/b9-6-,18-17-. The van der Waals surface area contributed by atoms with E-state index in [-0.39, 0.29) is 0 Å². The number of carbonyl (C=O) groups is 1. The van der Waals surface area contributed by atoms with Crippen molar-refractivity contribution >= 4 is 33.7 Å². The number of esters is 1. The first kappa shape index (κ1) is 21.5. The molecule has 0 unspecified atom stereocenters. The molecule has 0 aliphatic rings. The van der Waals surface area contributed by atoms with E-state index in [1.807, 2.05) is 48.1 Å². The van der Waals surface area contributed by atoms with Gasteiger partial charge in [-0.05, 0) is 39.3 Å². The topological polar surface area (TPSA) is 68.5 Å². The molecule has 0 atom stereocenters. The number of rotatable bonds is 8. The summed E-state index contributed by atoms with van der Waals surface area (Å²) in [6.45, 7) is 12.0. The molecule has 6 nitrogen and oxygen atoms in total. The zero-order valence-electron chi connectivity index (χ0n) is 17.7. The number of allylic oxidation sites excluding steroid dienone is 3. The van der Waals surface area contributed by atoms with Crippen LogP contribution in [0.3, 0.4) is 0 Å². The van der Waals surface area contributed by atoms with Crippen molar-refractivity contribution in [3.05, 3.63) is 66.8 Å². The van der Waals surface area contributed by atoms with E-state index in [4.69, 9.17) is 4.74 Å². The number of nitrogens with one attached hydrogen (secondary N) is 1. The average molecular weight is 423 g/mol. The Morgan fingerprint density at radius 1 is 1.40 bits per heavy atom. The first-order valence-electron chi connectivity index (χ1n) is 9.84. The lowest BCUT2D eigenvalue weighted by Gasteiger charge is -2.12. The Morgan fingerprint density at radius 3 is 2.87 bits per heavy atom. The minimum Gasteiger partial charge on any atom is -0.462 e. The van der Waals surface area contributed by atoms with E-state index in [0.29, 0.717) is 23.8 Å². The van der Waals surface area contributed by atoms with Crippen molar-refractivity contribution in [3.8, 4) is 10.4 Å². The lowest BCUT2D eigenvalue weighted by atomic mass is 9.98. The Balaban J connectivity index is 2.21. The number of fused-ring (bicyclic) bond motifs is 1. The average Bonchev–Trinajstić information content (AvgIpc) is 3.36. The van der Waals surface area contributed by atoms with Crippen LogP contribution in [-0.2, 0) is 9.53 Å². The Kier molecular flexibility index (Phi) is 6.84. The maximum absolute atomic E-state index is 12.6. The summed E-state index contributed by atoms with van der Waals surface area (Å²) < 4.78 is 7.20. The summed E-state index contributed by atoms with van der Waals surface area (Å²) in [5.74, 6) is -0.406. The van der Waals surface area contributed by atoms with Crippen LogP contribution in [0.5, 0.6) is 0 Å². The fraction of sp³-hybridized carbons (Fsp3) is 0.261. The molecule has 0 bridgehead atoms. The first-order valence-corrected chi connectivity index (χ1v) is 10.7. The minimum atomic E-state index is -0.406. The van der Waals surface area contributed by atoms with Gasteiger partial charge in [0, 0.05) is 42.0 Å². The SMILES string of the molecule is C=C/C(C(=O)OCC)=C(\C=C/C)c1cc(-c2cnc(NC(C)C)s2)cn2ccnc12. The van der Waals surface area contributed by atoms with Crippen molar-refractivity contribution < 1.29 is 9.53 Å². The van der Waals surface area contributed by atoms with E-state index in [1.54, 1.807) is 24.5 Å². The van der Waals surface area contributed by atoms with Gasteiger partial charge in [-0.3, -0.25) is 0 Å². The normalized spacial score (nSPS) is 12.4. The number of hydrogen-bond acceptors (Lipinski definition) is 6. The van der Waals surface area contributed by atoms with E-state index >= 15 is 0 Å². The van der Waals surface area contributed by atoms with Gasteiger partial charge in [0.25, 0.3) is 0 Å². The molecule has 0 aliphatic carbocycles. The highest BCUT2D eigenvalue weighted by molar-refractivity contribution is 7.18. The number of ether oxygens (including phenoxy) is 1. The number of nitrogens with zero attached hydrogens (tertiary/aromatic N) is 3. The molecule has 0 radical (unpaired) electrons. The van der Waals surface area contributed by atoms with Gasteiger partial charge in [0.2, 0.25) is 0 Å². The number of thiazole rings is 1. The lowest BCUT2D eigenvalue weighted by Crippen LogP contribution is -2.08. The maximum atomic E-state index is 12.6. The summed E-state index contributed by atoms with van der Waals surface area (Å²) in [4.78, 5) is 22.6. The third kappa shape index (κ3) is 4.52. The second kappa shape index (κ2) is 9.54. The second-order valence-electron chi connectivity index (χ2n) is 6.88. The predicted octanol–water partition coefficient (Wildman–Crippen LogP) is 5.36. The van der Waals surface area contributed by atoms with E-state index in [9.17, 15) is 4.79 Å². The molecule has 0 spiro atoms. The molecule has 156 valence electrons. The van der Waals surface area contributed by atoms with Gasteiger partial charge in [-0.25, -0.2) is 14.8 Å². The molecule has 3 aromatic heterocycles. The Bertz CT molecular complexity index is 1120. The molecular formula is C23H26N4O2S. The number of carbonyl (C=O) groups excluding carboxylic acids is 1. The second-order valence-corrected chi connectivity index (χ2v) is 7.91. The maximum Gasteiger partial charge on any atom is 0.338 e. The van der Waals surface area contributed by atoms with Crippen molar-refractivity contribution in [3.63, 3.8) is 0 Å². The highest BCUT2D eigenvalue weighted by Gasteiger charge is 2.18. The Hall–Kier alpha value is -3.19. The van der Waals surface area contributed by atoms with Gasteiger partial charge < -0.3 is 14.5 Å². The van der Waals surface area contributed by atoms with Crippen LogP contribution < -0.4 is 5.32 Å². The highest BCUT2D eigenvalue weighted by Crippen LogP contribution is 2.34. The molecule has 0 aromatic carbocycles. The zero-order valence-corrected chi connectivity index (χ0v) is 18.5. The van der Waals surface area contributed by atoms with E-state index in [0.717, 1.165) is 26.8 Å². The molecule has 3 heterocycles. The zero-order chi connectivity index (χ0) is 21.7. The summed E-state index contributed by atoms with van der Waals surface area (Å²) in [5.41, 5.74) is 3.68. The van der Waals surface area contributed by atoms with Gasteiger partial charge in [0.15, 0.2) is 5.13 Å². The van der Waals surface area contributed by atoms with Crippen LogP contribution in [0, 0.1) is 0 Å². The van der Waals surface area contributed by atoms with E-state index in [1.165, 1.54) is 6.08 Å². The smallest absolute Gasteiger partial charge is 0.338 e. The third-order valence-corrected chi connectivity index (χ3v) is 5.28. The van der Waals surface area contributed by atoms with Crippen molar-refractivity contribution in [1.82, 2.24) is 14.4 Å². The first-order chi connectivity index (χ1) is 14.5. The molecule has 1 N–H and O–H groups in total. The predicted molar refractivity (Wildman–Crippen MR) is 124 cm³/mol. The van der Waals surface area contributed by atoms with Crippen molar-refractivity contribution in [2.75, 3.05) is 11.9 Å². The number of anilines is 1. The van der Waals surface area contributed by atoms with E-state index < -0.39 is 5.97 Å². The van der Waals surface area contributed by atoms with Gasteiger partial charge in [-0.15, -0.1) is 0 Å². The molecule has 3 rings (SSSR count). The van der Waals surface area contributed by atoms with Crippen LogP contribution in [0.1, 0.15) is 33.3 Å². The van der Waals surface area contributed by atoms with Gasteiger partial charge >= 0.3 is 5.97 Å². The highest BCUT2D eigenvalue weighted by atomic mass is 32.1. The molecule has 30 heavy (non-hydrogen) atoms. The van der Waals surface area contributed by atoms with Crippen LogP contribution in [0.15, 0.2) is 61.2 Å². The van der Waals surface area contributed by atoms with Crippen LogP contribution in [0.25, 0.3) is 21.7 Å². The van der Waals surface area contributed by atoms with Gasteiger partial charge in [-0.2, -0.15) is 0 Å².